The van der Waals surface area contributed by atoms with E-state index in [0.29, 0.717) is 6.61 Å². The van der Waals surface area contributed by atoms with Gasteiger partial charge in [-0.05, 0) is 18.1 Å². The Morgan fingerprint density at radius 3 is 2.47 bits per heavy atom. The third-order valence-electron chi connectivity index (χ3n) is 2.52. The van der Waals surface area contributed by atoms with Crippen LogP contribution in [-0.4, -0.2) is 23.1 Å². The number of benzene rings is 2. The number of halogens is 1. The van der Waals surface area contributed by atoms with Crippen molar-refractivity contribution < 1.29 is 21.7 Å². The average molecular weight is 328 g/mol. The van der Waals surface area contributed by atoms with E-state index in [1.807, 2.05) is 48.5 Å². The number of allylic oxidation sites excluding steroid dienone is 1. The molecule has 2 aromatic carbocycles. The van der Waals surface area contributed by atoms with Crippen LogP contribution in [0.4, 0.5) is 0 Å². The summed E-state index contributed by atoms with van der Waals surface area (Å²) < 4.78 is 5.81. The van der Waals surface area contributed by atoms with Crippen molar-refractivity contribution in [1.29, 1.82) is 0 Å². The first-order valence-corrected chi connectivity index (χ1v) is 5.67. The Balaban J connectivity index is 0.00000162. The van der Waals surface area contributed by atoms with E-state index >= 15 is 0 Å². The van der Waals surface area contributed by atoms with Crippen molar-refractivity contribution in [2.75, 3.05) is 0 Å². The van der Waals surface area contributed by atoms with Gasteiger partial charge in [0.1, 0.15) is 5.75 Å². The first-order valence-electron chi connectivity index (χ1n) is 5.67. The molecule has 2 aromatic rings. The van der Waals surface area contributed by atoms with Gasteiger partial charge in [-0.25, -0.2) is 0 Å². The van der Waals surface area contributed by atoms with Crippen LogP contribution in [0.5, 0.6) is 5.75 Å². The fourth-order valence-corrected chi connectivity index (χ4v) is 1.65. The molecular weight excluding hydrogens is 312 g/mol. The van der Waals surface area contributed by atoms with Gasteiger partial charge in [-0.15, -0.1) is 12.1 Å². The molecule has 94 valence electrons. The minimum atomic E-state index is 0. The predicted molar refractivity (Wildman–Crippen MR) is 75.7 cm³/mol. The molecule has 19 heavy (non-hydrogen) atoms. The summed E-state index contributed by atoms with van der Waals surface area (Å²) in [4.78, 5) is 0. The normalized spacial score (nSPS) is 8.84. The molecule has 2 rings (SSSR count). The maximum atomic E-state index is 5.81. The number of hydrogen-bond donors (Lipinski definition) is 0. The molecule has 0 N–H and O–H groups in total. The molecule has 0 unspecified atom stereocenters. The van der Waals surface area contributed by atoms with Gasteiger partial charge in [0.2, 0.25) is 0 Å². The monoisotopic (exact) mass is 326 g/mol. The summed E-state index contributed by atoms with van der Waals surface area (Å²) in [5.41, 5.74) is 2.32. The second kappa shape index (κ2) is 10.1. The first kappa shape index (κ1) is 18.2. The molecule has 0 atom stereocenters. The molecule has 0 radical (unpaired) electrons. The van der Waals surface area contributed by atoms with E-state index in [2.05, 4.69) is 18.7 Å². The van der Waals surface area contributed by atoms with Gasteiger partial charge >= 0.3 is 23.1 Å². The smallest absolute Gasteiger partial charge is 1.00 e. The van der Waals surface area contributed by atoms with E-state index in [0.717, 1.165) is 17.7 Å². The molecule has 0 amide bonds. The van der Waals surface area contributed by atoms with Crippen LogP contribution < -0.4 is 21.7 Å². The van der Waals surface area contributed by atoms with E-state index in [4.69, 9.17) is 4.74 Å². The number of ether oxygens (including phenoxy) is 1. The van der Waals surface area contributed by atoms with Crippen molar-refractivity contribution in [3.05, 3.63) is 78.4 Å². The molecule has 0 bridgehead atoms. The van der Waals surface area contributed by atoms with E-state index in [1.54, 1.807) is 0 Å². The summed E-state index contributed by atoms with van der Waals surface area (Å²) in [6, 6.07) is 18.9. The van der Waals surface area contributed by atoms with Crippen LogP contribution in [0.3, 0.4) is 0 Å². The molecule has 0 aromatic heterocycles. The molecule has 0 saturated heterocycles. The zero-order chi connectivity index (χ0) is 11.9. The Morgan fingerprint density at radius 2 is 1.79 bits per heavy atom. The van der Waals surface area contributed by atoms with Crippen molar-refractivity contribution in [2.24, 2.45) is 0 Å². The molecule has 3 heteroatoms. The fraction of sp³-hybridized carbons (Fsp3) is 0.125. The molecule has 0 aliphatic carbocycles. The first-order chi connectivity index (χ1) is 8.40. The van der Waals surface area contributed by atoms with Crippen LogP contribution in [0.1, 0.15) is 11.1 Å². The van der Waals surface area contributed by atoms with Gasteiger partial charge in [-0.1, -0.05) is 24.3 Å². The molecule has 0 fully saturated rings. The zero-order valence-corrected chi connectivity index (χ0v) is 13.8. The van der Waals surface area contributed by atoms with Crippen molar-refractivity contribution >= 4 is 23.1 Å². The molecule has 0 heterocycles. The van der Waals surface area contributed by atoms with Crippen LogP contribution in [0.25, 0.3) is 0 Å². The van der Waals surface area contributed by atoms with Crippen LogP contribution in [0, 0.1) is 6.07 Å². The van der Waals surface area contributed by atoms with E-state index < -0.39 is 0 Å². The van der Waals surface area contributed by atoms with E-state index in [9.17, 15) is 0 Å². The van der Waals surface area contributed by atoms with E-state index in [1.165, 1.54) is 5.56 Å². The van der Waals surface area contributed by atoms with Gasteiger partial charge in [-0.2, -0.15) is 30.3 Å². The molecular formula is C16H15BrMgO. The van der Waals surface area contributed by atoms with Crippen molar-refractivity contribution in [2.45, 2.75) is 13.0 Å². The standard InChI is InChI=1S/C16H15O.BrH.Mg/c1-2-8-15-11-6-7-12-16(15)17-13-14-9-4-3-5-10-14;;/h2,4-7,9-12H,1,8,13H2;1H;/q-1;;+2/p-1. The van der Waals surface area contributed by atoms with Crippen LogP contribution in [0.15, 0.2) is 61.2 Å². The third kappa shape index (κ3) is 5.81. The third-order valence-corrected chi connectivity index (χ3v) is 2.52. The second-order valence-corrected chi connectivity index (χ2v) is 3.80. The van der Waals surface area contributed by atoms with E-state index in [-0.39, 0.29) is 40.0 Å². The largest absolute Gasteiger partial charge is 2.00 e. The minimum Gasteiger partial charge on any atom is -1.00 e. The van der Waals surface area contributed by atoms with Crippen molar-refractivity contribution in [1.82, 2.24) is 0 Å². The Bertz CT molecular complexity index is 485. The van der Waals surface area contributed by atoms with Gasteiger partial charge in [0.25, 0.3) is 0 Å². The SMILES string of the molecule is C=CCc1ccccc1OCc1cc[c-]cc1.[Br-].[Mg+2]. The Labute approximate surface area is 141 Å². The fourth-order valence-electron chi connectivity index (χ4n) is 1.65. The van der Waals surface area contributed by atoms with Crippen LogP contribution >= 0.6 is 0 Å². The molecule has 1 nitrogen and oxygen atoms in total. The Kier molecular flexibility index (Phi) is 9.66. The number of para-hydroxylation sites is 1. The van der Waals surface area contributed by atoms with Crippen LogP contribution in [-0.2, 0) is 13.0 Å². The summed E-state index contributed by atoms with van der Waals surface area (Å²) in [6.07, 6.45) is 2.72. The summed E-state index contributed by atoms with van der Waals surface area (Å²) in [5.74, 6) is 0.931. The molecule has 0 saturated carbocycles. The quantitative estimate of drug-likeness (QED) is 0.439. The van der Waals surface area contributed by atoms with Gasteiger partial charge in [0.15, 0.2) is 0 Å². The maximum Gasteiger partial charge on any atom is 2.00 e. The summed E-state index contributed by atoms with van der Waals surface area (Å²) >= 11 is 0. The summed E-state index contributed by atoms with van der Waals surface area (Å²) in [6.45, 7) is 4.34. The predicted octanol–water partition coefficient (Wildman–Crippen LogP) is 0.417. The Morgan fingerprint density at radius 1 is 1.11 bits per heavy atom. The topological polar surface area (TPSA) is 9.23 Å². The average Bonchev–Trinajstić information content (AvgIpc) is 2.39. The van der Waals surface area contributed by atoms with Gasteiger partial charge in [-0.3, -0.25) is 0 Å². The Hall–Kier alpha value is -0.774. The minimum absolute atomic E-state index is 0. The van der Waals surface area contributed by atoms with Gasteiger partial charge in [0, 0.05) is 0 Å². The van der Waals surface area contributed by atoms with Gasteiger partial charge < -0.3 is 21.7 Å². The van der Waals surface area contributed by atoms with Crippen LogP contribution in [0.2, 0.25) is 0 Å². The van der Waals surface area contributed by atoms with Crippen molar-refractivity contribution in [3.8, 4) is 5.75 Å². The molecule has 0 aliphatic heterocycles. The molecule has 0 spiro atoms. The maximum absolute atomic E-state index is 5.81. The number of hydrogen-bond acceptors (Lipinski definition) is 1. The summed E-state index contributed by atoms with van der Waals surface area (Å²) in [7, 11) is 0. The summed E-state index contributed by atoms with van der Waals surface area (Å²) in [5, 5.41) is 0. The molecule has 0 aliphatic rings. The van der Waals surface area contributed by atoms with Gasteiger partial charge in [0.05, 0.1) is 6.61 Å². The zero-order valence-electron chi connectivity index (χ0n) is 10.8. The number of rotatable bonds is 5. The second-order valence-electron chi connectivity index (χ2n) is 3.80. The van der Waals surface area contributed by atoms with Crippen molar-refractivity contribution in [3.63, 3.8) is 0 Å².